The normalized spacial score (nSPS) is 18.1. The lowest BCUT2D eigenvalue weighted by Gasteiger charge is -2.44. The topological polar surface area (TPSA) is 15.3 Å². The second-order valence-corrected chi connectivity index (χ2v) is 6.80. The van der Waals surface area contributed by atoms with Gasteiger partial charge in [0, 0.05) is 40.7 Å². The highest BCUT2D eigenvalue weighted by Gasteiger charge is 2.32. The number of piperazine rings is 1. The molecule has 0 amide bonds. The Balaban J connectivity index is 2.03. The molecule has 0 bridgehead atoms. The molecule has 1 N–H and O–H groups in total. The van der Waals surface area contributed by atoms with Crippen LogP contribution in [0, 0.1) is 0 Å². The van der Waals surface area contributed by atoms with Crippen molar-refractivity contribution in [1.82, 2.24) is 5.32 Å². The van der Waals surface area contributed by atoms with Crippen molar-refractivity contribution in [2.24, 2.45) is 0 Å². The minimum absolute atomic E-state index is 0.256. The van der Waals surface area contributed by atoms with Crippen molar-refractivity contribution in [2.45, 2.75) is 32.2 Å². The van der Waals surface area contributed by atoms with E-state index in [1.54, 1.807) is 0 Å². The van der Waals surface area contributed by atoms with Gasteiger partial charge in [-0.2, -0.15) is 0 Å². The molecule has 3 rings (SSSR count). The number of hydrogen-bond donors (Lipinski definition) is 1. The maximum Gasteiger partial charge on any atom is 0.0447 e. The monoisotopic (exact) mass is 346 g/mol. The molecule has 1 aliphatic rings. The third kappa shape index (κ3) is 2.69. The summed E-state index contributed by atoms with van der Waals surface area (Å²) in [5.74, 6) is 0. The fraction of sp³-hybridized carbons (Fsp3) is 0.444. The molecule has 112 valence electrons. The lowest BCUT2D eigenvalue weighted by Crippen LogP contribution is -2.60. The third-order valence-corrected chi connectivity index (χ3v) is 5.61. The average Bonchev–Trinajstić information content (AvgIpc) is 2.55. The molecular weight excluding hydrogens is 324 g/mol. The van der Waals surface area contributed by atoms with Gasteiger partial charge in [0.1, 0.15) is 0 Å². The summed E-state index contributed by atoms with van der Waals surface area (Å²) < 4.78 is 1.18. The van der Waals surface area contributed by atoms with Crippen LogP contribution in [0.2, 0.25) is 0 Å². The highest BCUT2D eigenvalue weighted by molar-refractivity contribution is 9.10. The second kappa shape index (κ2) is 5.98. The zero-order valence-corrected chi connectivity index (χ0v) is 14.4. The Bertz CT molecular complexity index is 634. The fourth-order valence-corrected chi connectivity index (χ4v) is 3.89. The van der Waals surface area contributed by atoms with Crippen LogP contribution in [0.25, 0.3) is 10.8 Å². The Morgan fingerprint density at radius 3 is 2.52 bits per heavy atom. The van der Waals surface area contributed by atoms with Gasteiger partial charge in [-0.15, -0.1) is 0 Å². The highest BCUT2D eigenvalue weighted by Crippen LogP contribution is 2.34. The predicted octanol–water partition coefficient (Wildman–Crippen LogP) is 4.57. The van der Waals surface area contributed by atoms with Crippen molar-refractivity contribution in [3.8, 4) is 0 Å². The summed E-state index contributed by atoms with van der Waals surface area (Å²) in [6.07, 6.45) is 2.35. The minimum Gasteiger partial charge on any atom is -0.368 e. The summed E-state index contributed by atoms with van der Waals surface area (Å²) in [6.45, 7) is 7.81. The molecule has 0 aliphatic carbocycles. The molecule has 2 aromatic rings. The summed E-state index contributed by atoms with van der Waals surface area (Å²) in [4.78, 5) is 2.55. The Kier molecular flexibility index (Phi) is 4.23. The molecule has 2 nitrogen and oxygen atoms in total. The van der Waals surface area contributed by atoms with E-state index in [2.05, 4.69) is 76.4 Å². The number of nitrogens with one attached hydrogen (secondary N) is 1. The standard InChI is InChI=1S/C18H23BrN2/c1-3-18(4-2)13-21(12-11-20-18)17-10-9-16(19)14-7-5-6-8-15(14)17/h5-10,20H,3-4,11-13H2,1-2H3. The molecule has 1 fully saturated rings. The molecule has 21 heavy (non-hydrogen) atoms. The number of halogens is 1. The average molecular weight is 347 g/mol. The van der Waals surface area contributed by atoms with Crippen LogP contribution in [-0.2, 0) is 0 Å². The first-order valence-corrected chi connectivity index (χ1v) is 8.65. The zero-order valence-electron chi connectivity index (χ0n) is 12.8. The summed E-state index contributed by atoms with van der Waals surface area (Å²) in [5.41, 5.74) is 1.62. The van der Waals surface area contributed by atoms with E-state index in [0.717, 1.165) is 19.6 Å². The summed E-state index contributed by atoms with van der Waals surface area (Å²) in [5, 5.41) is 6.38. The van der Waals surface area contributed by atoms with Crippen molar-refractivity contribution in [3.63, 3.8) is 0 Å². The Labute approximate surface area is 135 Å². The van der Waals surface area contributed by atoms with Crippen molar-refractivity contribution in [2.75, 3.05) is 24.5 Å². The molecular formula is C18H23BrN2. The SMILES string of the molecule is CCC1(CC)CN(c2ccc(Br)c3ccccc23)CCN1. The van der Waals surface area contributed by atoms with Crippen molar-refractivity contribution in [1.29, 1.82) is 0 Å². The maximum absolute atomic E-state index is 3.74. The lowest BCUT2D eigenvalue weighted by atomic mass is 9.89. The van der Waals surface area contributed by atoms with Crippen LogP contribution in [0.3, 0.4) is 0 Å². The molecule has 1 heterocycles. The van der Waals surface area contributed by atoms with E-state index >= 15 is 0 Å². The highest BCUT2D eigenvalue weighted by atomic mass is 79.9. The zero-order chi connectivity index (χ0) is 14.9. The van der Waals surface area contributed by atoms with Gasteiger partial charge >= 0.3 is 0 Å². The second-order valence-electron chi connectivity index (χ2n) is 5.95. The van der Waals surface area contributed by atoms with E-state index < -0.39 is 0 Å². The summed E-state index contributed by atoms with van der Waals surface area (Å²) in [6, 6.07) is 13.1. The minimum atomic E-state index is 0.256. The number of hydrogen-bond acceptors (Lipinski definition) is 2. The molecule has 1 aliphatic heterocycles. The first-order chi connectivity index (χ1) is 10.2. The number of fused-ring (bicyclic) bond motifs is 1. The van der Waals surface area contributed by atoms with E-state index in [-0.39, 0.29) is 5.54 Å². The maximum atomic E-state index is 3.74. The number of rotatable bonds is 3. The van der Waals surface area contributed by atoms with Gasteiger partial charge in [-0.1, -0.05) is 54.0 Å². The van der Waals surface area contributed by atoms with E-state index in [1.807, 2.05) is 0 Å². The Hall–Kier alpha value is -1.06. The van der Waals surface area contributed by atoms with Gasteiger partial charge in [0.15, 0.2) is 0 Å². The first kappa shape index (κ1) is 14.9. The summed E-state index contributed by atoms with van der Waals surface area (Å²) >= 11 is 3.67. The van der Waals surface area contributed by atoms with Gasteiger partial charge in [0.05, 0.1) is 0 Å². The van der Waals surface area contributed by atoms with Crippen LogP contribution >= 0.6 is 15.9 Å². The van der Waals surface area contributed by atoms with Gasteiger partial charge in [-0.05, 0) is 30.4 Å². The molecule has 3 heteroatoms. The molecule has 0 unspecified atom stereocenters. The number of anilines is 1. The van der Waals surface area contributed by atoms with Crippen LogP contribution < -0.4 is 10.2 Å². The first-order valence-electron chi connectivity index (χ1n) is 7.86. The summed E-state index contributed by atoms with van der Waals surface area (Å²) in [7, 11) is 0. The third-order valence-electron chi connectivity index (χ3n) is 4.92. The largest absolute Gasteiger partial charge is 0.368 e. The van der Waals surface area contributed by atoms with Crippen LogP contribution in [0.15, 0.2) is 40.9 Å². The van der Waals surface area contributed by atoms with Gasteiger partial charge in [-0.3, -0.25) is 0 Å². The van der Waals surface area contributed by atoms with Crippen LogP contribution in [0.5, 0.6) is 0 Å². The van der Waals surface area contributed by atoms with Gasteiger partial charge in [-0.25, -0.2) is 0 Å². The van der Waals surface area contributed by atoms with Crippen molar-refractivity contribution >= 4 is 32.4 Å². The molecule has 0 spiro atoms. The van der Waals surface area contributed by atoms with Gasteiger partial charge in [0.25, 0.3) is 0 Å². The van der Waals surface area contributed by atoms with E-state index in [9.17, 15) is 0 Å². The van der Waals surface area contributed by atoms with E-state index in [0.29, 0.717) is 0 Å². The molecule has 2 aromatic carbocycles. The molecule has 0 saturated carbocycles. The molecule has 1 saturated heterocycles. The fourth-order valence-electron chi connectivity index (χ4n) is 3.41. The predicted molar refractivity (Wildman–Crippen MR) is 95.2 cm³/mol. The Morgan fingerprint density at radius 1 is 1.10 bits per heavy atom. The van der Waals surface area contributed by atoms with Crippen molar-refractivity contribution < 1.29 is 0 Å². The molecule has 0 radical (unpaired) electrons. The van der Waals surface area contributed by atoms with E-state index in [4.69, 9.17) is 0 Å². The van der Waals surface area contributed by atoms with Crippen LogP contribution in [0.1, 0.15) is 26.7 Å². The number of nitrogens with zero attached hydrogens (tertiary/aromatic N) is 1. The van der Waals surface area contributed by atoms with Crippen molar-refractivity contribution in [3.05, 3.63) is 40.9 Å². The van der Waals surface area contributed by atoms with Gasteiger partial charge in [0.2, 0.25) is 0 Å². The molecule has 0 atom stereocenters. The smallest absolute Gasteiger partial charge is 0.0447 e. The number of benzene rings is 2. The lowest BCUT2D eigenvalue weighted by molar-refractivity contribution is 0.277. The Morgan fingerprint density at radius 2 is 1.81 bits per heavy atom. The van der Waals surface area contributed by atoms with E-state index in [1.165, 1.54) is 33.8 Å². The van der Waals surface area contributed by atoms with Crippen LogP contribution in [0.4, 0.5) is 5.69 Å². The quantitative estimate of drug-likeness (QED) is 0.875. The van der Waals surface area contributed by atoms with Gasteiger partial charge < -0.3 is 10.2 Å². The van der Waals surface area contributed by atoms with Crippen LogP contribution in [-0.4, -0.2) is 25.2 Å². The molecule has 0 aromatic heterocycles.